The average Bonchev–Trinajstić information content (AvgIpc) is 2.77. The number of alkyl halides is 22. The van der Waals surface area contributed by atoms with Crippen molar-refractivity contribution in [2.24, 2.45) is 0 Å². The van der Waals surface area contributed by atoms with Crippen molar-refractivity contribution in [1.29, 1.82) is 0 Å². The summed E-state index contributed by atoms with van der Waals surface area (Å²) < 4.78 is 287. The van der Waals surface area contributed by atoms with E-state index < -0.39 is 121 Å². The third-order valence-corrected chi connectivity index (χ3v) is 5.72. The van der Waals surface area contributed by atoms with E-state index in [0.29, 0.717) is 0 Å². The minimum Gasteiger partial charge on any atom is -0.545 e. The number of hydrogen-bond acceptors (Lipinski definition) is 4. The Balaban J connectivity index is 6.24. The monoisotopic (exact) mass is 734 g/mol. The normalized spacial score (nSPS) is 16.0. The van der Waals surface area contributed by atoms with E-state index in [1.54, 1.807) is 0 Å². The molecule has 0 saturated heterocycles. The van der Waals surface area contributed by atoms with Gasteiger partial charge in [0.15, 0.2) is 0 Å². The molecule has 0 aromatic rings. The molecule has 0 spiro atoms. The number of rotatable bonds is 16. The van der Waals surface area contributed by atoms with Crippen LogP contribution in [0.3, 0.4) is 0 Å². The van der Waals surface area contributed by atoms with Crippen molar-refractivity contribution in [2.45, 2.75) is 98.3 Å². The highest BCUT2D eigenvalue weighted by molar-refractivity contribution is 5.97. The lowest BCUT2D eigenvalue weighted by atomic mass is 9.91. The van der Waals surface area contributed by atoms with Crippen molar-refractivity contribution in [2.75, 3.05) is 0 Å². The molecule has 0 saturated carbocycles. The van der Waals surface area contributed by atoms with Gasteiger partial charge in [-0.3, -0.25) is 0 Å². The predicted octanol–water partition coefficient (Wildman–Crippen LogP) is 6.33. The molecule has 0 unspecified atom stereocenters. The molecule has 26 heteroatoms. The summed E-state index contributed by atoms with van der Waals surface area (Å²) in [7, 11) is 0. The molecule has 272 valence electrons. The number of carboxylic acids is 2. The Morgan fingerprint density at radius 2 is 0.609 bits per heavy atom. The Bertz CT molecular complexity index is 1060. The van der Waals surface area contributed by atoms with Gasteiger partial charge in [0.05, 0.1) is 24.8 Å². The van der Waals surface area contributed by atoms with Gasteiger partial charge in [-0.1, -0.05) is 0 Å². The van der Waals surface area contributed by atoms with Crippen LogP contribution < -0.4 is 10.2 Å². The van der Waals surface area contributed by atoms with Crippen LogP contribution >= 0.6 is 0 Å². The summed E-state index contributed by atoms with van der Waals surface area (Å²) in [4.78, 5) is 22.3. The topological polar surface area (TPSA) is 80.3 Å². The van der Waals surface area contributed by atoms with E-state index in [2.05, 4.69) is 0 Å². The minimum absolute atomic E-state index is 2.29. The SMILES string of the molecule is O=C([O-])/C(CCC(F)(F)CC(F)(F)C(F)(F)C(F)(F)C(F)(F)F)=C(/CCC(F)(F)CC(F)(F)C(F)(F)C(F)(F)C(F)(F)F)C(=O)[O-]. The van der Waals surface area contributed by atoms with Gasteiger partial charge in [0.1, 0.15) is 0 Å². The second-order valence-corrected chi connectivity index (χ2v) is 9.30. The van der Waals surface area contributed by atoms with Gasteiger partial charge in [-0.15, -0.1) is 0 Å². The molecule has 0 heterocycles. The third-order valence-electron chi connectivity index (χ3n) is 5.72. The zero-order chi connectivity index (χ0) is 37.6. The molecule has 46 heavy (non-hydrogen) atoms. The maximum absolute atomic E-state index is 13.9. The van der Waals surface area contributed by atoms with Gasteiger partial charge in [0.25, 0.3) is 11.8 Å². The van der Waals surface area contributed by atoms with Crippen LogP contribution in [-0.2, 0) is 9.59 Å². The molecule has 0 fully saturated rings. The van der Waals surface area contributed by atoms with Gasteiger partial charge >= 0.3 is 47.9 Å². The molecule has 0 aromatic heterocycles. The quantitative estimate of drug-likeness (QED) is 0.137. The molecule has 0 rings (SSSR count). The fourth-order valence-corrected chi connectivity index (χ4v) is 3.23. The first-order valence-corrected chi connectivity index (χ1v) is 11.1. The van der Waals surface area contributed by atoms with Crippen LogP contribution in [0, 0.1) is 0 Å². The summed E-state index contributed by atoms with van der Waals surface area (Å²) in [6.45, 7) is 0. The third kappa shape index (κ3) is 8.73. The number of carbonyl (C=O) groups is 2. The van der Waals surface area contributed by atoms with E-state index in [-0.39, 0.29) is 0 Å². The summed E-state index contributed by atoms with van der Waals surface area (Å²) in [6, 6.07) is 0. The summed E-state index contributed by atoms with van der Waals surface area (Å²) in [5, 5.41) is 22.3. The molecule has 0 aliphatic carbocycles. The average molecular weight is 734 g/mol. The van der Waals surface area contributed by atoms with Crippen molar-refractivity contribution >= 4 is 11.9 Å². The highest BCUT2D eigenvalue weighted by Gasteiger charge is 2.83. The van der Waals surface area contributed by atoms with Gasteiger partial charge in [-0.2, -0.15) is 79.0 Å². The Morgan fingerprint density at radius 3 is 0.783 bits per heavy atom. The van der Waals surface area contributed by atoms with Crippen molar-refractivity contribution in [3.05, 3.63) is 11.1 Å². The molecule has 0 bridgehead atoms. The number of halogens is 22. The predicted molar refractivity (Wildman–Crippen MR) is 96.4 cm³/mol. The molecule has 4 nitrogen and oxygen atoms in total. The molecule has 0 atom stereocenters. The van der Waals surface area contributed by atoms with Crippen LogP contribution in [0.1, 0.15) is 38.5 Å². The van der Waals surface area contributed by atoms with E-state index in [1.165, 1.54) is 0 Å². The van der Waals surface area contributed by atoms with Crippen LogP contribution in [-0.4, -0.2) is 71.7 Å². The van der Waals surface area contributed by atoms with Gasteiger partial charge < -0.3 is 19.8 Å². The fraction of sp³-hybridized carbons (Fsp3) is 0.800. The Kier molecular flexibility index (Phi) is 11.8. The summed E-state index contributed by atoms with van der Waals surface area (Å²) >= 11 is 0. The first-order valence-electron chi connectivity index (χ1n) is 11.1. The van der Waals surface area contributed by atoms with Crippen LogP contribution in [0.2, 0.25) is 0 Å². The van der Waals surface area contributed by atoms with E-state index in [0.717, 1.165) is 0 Å². The first kappa shape index (κ1) is 43.1. The molecule has 0 aliphatic heterocycles. The zero-order valence-electron chi connectivity index (χ0n) is 21.2. The molecule has 0 amide bonds. The Labute approximate surface area is 239 Å². The lowest BCUT2D eigenvalue weighted by molar-refractivity contribution is -0.401. The number of carbonyl (C=O) groups excluding carboxylic acids is 2. The zero-order valence-corrected chi connectivity index (χ0v) is 21.2. The second kappa shape index (κ2) is 12.6. The lowest BCUT2D eigenvalue weighted by Gasteiger charge is -2.35. The van der Waals surface area contributed by atoms with Crippen LogP contribution in [0.5, 0.6) is 0 Å². The lowest BCUT2D eigenvalue weighted by Crippen LogP contribution is -2.61. The molecule has 0 aromatic carbocycles. The van der Waals surface area contributed by atoms with Gasteiger partial charge in [-0.25, -0.2) is 17.6 Å². The first-order chi connectivity index (χ1) is 19.7. The molecule has 0 aliphatic rings. The van der Waals surface area contributed by atoms with Gasteiger partial charge in [0.2, 0.25) is 0 Å². The Hall–Kier alpha value is -2.86. The van der Waals surface area contributed by atoms with Crippen LogP contribution in [0.15, 0.2) is 11.1 Å². The van der Waals surface area contributed by atoms with Gasteiger partial charge in [0, 0.05) is 12.8 Å². The number of aliphatic carboxylic acids is 2. The number of hydrogen-bond donors (Lipinski definition) is 0. The Morgan fingerprint density at radius 1 is 0.391 bits per heavy atom. The van der Waals surface area contributed by atoms with E-state index >= 15 is 0 Å². The van der Waals surface area contributed by atoms with E-state index in [9.17, 15) is 116 Å². The maximum atomic E-state index is 13.9. The fourth-order valence-electron chi connectivity index (χ4n) is 3.23. The standard InChI is InChI=1S/C20H14F22O4/c21-11(22,5-13(25,26)15(29,30)17(33,34)19(37,38)39)3-1-7(9(43)44)8(10(45)46)2-4-12(23,24)6-14(27,28)16(31,32)18(35,36)20(40,41)42/h1-6H2,(H,43,44)(H,45,46)/p-2/b8-7-. The summed E-state index contributed by atoms with van der Waals surface area (Å²) in [5.74, 6) is -61.9. The minimum atomic E-state index is -7.66. The molecule has 0 radical (unpaired) electrons. The highest BCUT2D eigenvalue weighted by atomic mass is 19.4. The summed E-state index contributed by atoms with van der Waals surface area (Å²) in [6.07, 6.45) is -32.9. The van der Waals surface area contributed by atoms with Crippen molar-refractivity contribution in [3.8, 4) is 0 Å². The van der Waals surface area contributed by atoms with Crippen molar-refractivity contribution < 1.29 is 116 Å². The highest BCUT2D eigenvalue weighted by Crippen LogP contribution is 2.57. The smallest absolute Gasteiger partial charge is 0.460 e. The van der Waals surface area contributed by atoms with Crippen LogP contribution in [0.4, 0.5) is 96.6 Å². The van der Waals surface area contributed by atoms with E-state index in [1.807, 2.05) is 0 Å². The van der Waals surface area contributed by atoms with Crippen molar-refractivity contribution in [3.63, 3.8) is 0 Å². The molecular formula is C20H12F22O4-2. The number of carboxylic acid groups (broad SMARTS) is 2. The van der Waals surface area contributed by atoms with Crippen molar-refractivity contribution in [1.82, 2.24) is 0 Å². The maximum Gasteiger partial charge on any atom is 0.460 e. The second-order valence-electron chi connectivity index (χ2n) is 9.30. The molecular weight excluding hydrogens is 722 g/mol. The largest absolute Gasteiger partial charge is 0.545 e. The van der Waals surface area contributed by atoms with Crippen LogP contribution in [0.25, 0.3) is 0 Å². The van der Waals surface area contributed by atoms with Gasteiger partial charge in [-0.05, 0) is 24.0 Å². The molecule has 0 N–H and O–H groups in total. The summed E-state index contributed by atoms with van der Waals surface area (Å²) in [5.41, 5.74) is -4.57. The van der Waals surface area contributed by atoms with E-state index in [4.69, 9.17) is 0 Å².